The first-order valence-corrected chi connectivity index (χ1v) is 9.22. The van der Waals surface area contributed by atoms with Crippen LogP contribution in [0.15, 0.2) is 48.5 Å². The van der Waals surface area contributed by atoms with E-state index in [0.717, 1.165) is 23.1 Å². The van der Waals surface area contributed by atoms with E-state index >= 15 is 0 Å². The smallest absolute Gasteiger partial charge is 0.253 e. The Balaban J connectivity index is 1.59. The number of hydrogen-bond acceptors (Lipinski definition) is 2. The highest BCUT2D eigenvalue weighted by molar-refractivity contribution is 5.94. The third-order valence-electron chi connectivity index (χ3n) is 4.88. The Kier molecular flexibility index (Phi) is 5.71. The van der Waals surface area contributed by atoms with Crippen molar-refractivity contribution in [2.45, 2.75) is 26.7 Å². The normalized spacial score (nSPS) is 14.8. The summed E-state index contributed by atoms with van der Waals surface area (Å²) in [6, 6.07) is 15.8. The summed E-state index contributed by atoms with van der Waals surface area (Å²) in [6.45, 7) is 6.63. The average molecular weight is 350 g/mol. The van der Waals surface area contributed by atoms with Crippen LogP contribution in [0.25, 0.3) is 0 Å². The molecule has 1 heterocycles. The summed E-state index contributed by atoms with van der Waals surface area (Å²) in [5, 5.41) is 0. The molecule has 1 aliphatic heterocycles. The summed E-state index contributed by atoms with van der Waals surface area (Å²) >= 11 is 0. The summed E-state index contributed by atoms with van der Waals surface area (Å²) in [6.07, 6.45) is 1.24. The van der Waals surface area contributed by atoms with Gasteiger partial charge in [0.25, 0.3) is 5.91 Å². The third-order valence-corrected chi connectivity index (χ3v) is 4.88. The van der Waals surface area contributed by atoms with Crippen LogP contribution in [0.2, 0.25) is 0 Å². The van der Waals surface area contributed by atoms with Crippen molar-refractivity contribution in [2.75, 3.05) is 26.2 Å². The van der Waals surface area contributed by atoms with Gasteiger partial charge < -0.3 is 9.80 Å². The van der Waals surface area contributed by atoms with Gasteiger partial charge in [0, 0.05) is 31.7 Å². The highest BCUT2D eigenvalue weighted by atomic mass is 16.2. The Labute approximate surface area is 155 Å². The fourth-order valence-electron chi connectivity index (χ4n) is 3.32. The van der Waals surface area contributed by atoms with Crippen LogP contribution in [0, 0.1) is 13.8 Å². The van der Waals surface area contributed by atoms with E-state index in [9.17, 15) is 9.59 Å². The first-order valence-electron chi connectivity index (χ1n) is 9.22. The van der Waals surface area contributed by atoms with E-state index in [2.05, 4.69) is 0 Å². The van der Waals surface area contributed by atoms with Crippen LogP contribution in [0.1, 0.15) is 33.5 Å². The molecule has 3 rings (SSSR count). The van der Waals surface area contributed by atoms with Crippen molar-refractivity contribution in [3.05, 3.63) is 70.8 Å². The van der Waals surface area contributed by atoms with Crippen molar-refractivity contribution in [2.24, 2.45) is 0 Å². The van der Waals surface area contributed by atoms with Gasteiger partial charge in [0.2, 0.25) is 5.91 Å². The van der Waals surface area contributed by atoms with E-state index in [0.29, 0.717) is 32.6 Å². The van der Waals surface area contributed by atoms with Gasteiger partial charge in [-0.25, -0.2) is 0 Å². The maximum Gasteiger partial charge on any atom is 0.253 e. The molecule has 4 heteroatoms. The van der Waals surface area contributed by atoms with Gasteiger partial charge in [0.1, 0.15) is 0 Å². The molecule has 0 aromatic heterocycles. The summed E-state index contributed by atoms with van der Waals surface area (Å²) in [7, 11) is 0. The van der Waals surface area contributed by atoms with E-state index in [-0.39, 0.29) is 11.8 Å². The Morgan fingerprint density at radius 2 is 1.54 bits per heavy atom. The fraction of sp³-hybridized carbons (Fsp3) is 0.364. The van der Waals surface area contributed by atoms with Crippen LogP contribution in [0.3, 0.4) is 0 Å². The van der Waals surface area contributed by atoms with Gasteiger partial charge in [0.15, 0.2) is 0 Å². The van der Waals surface area contributed by atoms with Gasteiger partial charge >= 0.3 is 0 Å². The first-order chi connectivity index (χ1) is 12.5. The van der Waals surface area contributed by atoms with E-state index < -0.39 is 0 Å². The maximum atomic E-state index is 12.7. The second-order valence-corrected chi connectivity index (χ2v) is 7.06. The molecule has 0 aliphatic carbocycles. The van der Waals surface area contributed by atoms with Gasteiger partial charge in [-0.1, -0.05) is 47.5 Å². The number of rotatable bonds is 3. The maximum absolute atomic E-state index is 12.7. The average Bonchev–Trinajstić information content (AvgIpc) is 2.89. The zero-order valence-electron chi connectivity index (χ0n) is 15.6. The largest absolute Gasteiger partial charge is 0.341 e. The van der Waals surface area contributed by atoms with E-state index in [4.69, 9.17) is 0 Å². The summed E-state index contributed by atoms with van der Waals surface area (Å²) in [5.41, 5.74) is 4.05. The molecule has 0 N–H and O–H groups in total. The highest BCUT2D eigenvalue weighted by Gasteiger charge is 2.22. The molecule has 2 aromatic rings. The van der Waals surface area contributed by atoms with Crippen LogP contribution in [-0.4, -0.2) is 47.8 Å². The summed E-state index contributed by atoms with van der Waals surface area (Å²) in [5.74, 6) is 0.195. The molecule has 0 unspecified atom stereocenters. The highest BCUT2D eigenvalue weighted by Crippen LogP contribution is 2.12. The van der Waals surface area contributed by atoms with Crippen molar-refractivity contribution in [3.8, 4) is 0 Å². The van der Waals surface area contributed by atoms with Gasteiger partial charge in [-0.15, -0.1) is 0 Å². The number of amides is 2. The molecule has 1 saturated heterocycles. The molecule has 0 saturated carbocycles. The van der Waals surface area contributed by atoms with E-state index in [1.165, 1.54) is 5.56 Å². The number of carbonyl (C=O) groups is 2. The lowest BCUT2D eigenvalue weighted by Crippen LogP contribution is -2.38. The monoisotopic (exact) mass is 350 g/mol. The molecule has 0 radical (unpaired) electrons. The Morgan fingerprint density at radius 3 is 2.27 bits per heavy atom. The Bertz CT molecular complexity index is 783. The van der Waals surface area contributed by atoms with Crippen molar-refractivity contribution >= 4 is 11.8 Å². The predicted octanol–water partition coefficient (Wildman–Crippen LogP) is 3.22. The Hall–Kier alpha value is -2.62. The Morgan fingerprint density at radius 1 is 0.846 bits per heavy atom. The van der Waals surface area contributed by atoms with Gasteiger partial charge in [-0.3, -0.25) is 9.59 Å². The minimum absolute atomic E-state index is 0.0570. The number of nitrogens with zero attached hydrogens (tertiary/aromatic N) is 2. The number of aryl methyl sites for hydroxylation is 2. The second-order valence-electron chi connectivity index (χ2n) is 7.06. The van der Waals surface area contributed by atoms with Crippen LogP contribution < -0.4 is 0 Å². The molecule has 2 aromatic carbocycles. The zero-order valence-corrected chi connectivity index (χ0v) is 15.6. The standard InChI is InChI=1S/C22H26N2O2/c1-17-7-9-19(10-8-17)16-21(25)23-11-4-12-24(14-13-23)22(26)20-6-3-5-18(2)15-20/h3,5-10,15H,4,11-14,16H2,1-2H3. The van der Waals surface area contributed by atoms with E-state index in [1.807, 2.05) is 72.2 Å². The second kappa shape index (κ2) is 8.17. The minimum atomic E-state index is 0.0570. The summed E-state index contributed by atoms with van der Waals surface area (Å²) < 4.78 is 0. The first kappa shape index (κ1) is 18.2. The fourth-order valence-corrected chi connectivity index (χ4v) is 3.32. The van der Waals surface area contributed by atoms with Crippen molar-refractivity contribution in [1.29, 1.82) is 0 Å². The van der Waals surface area contributed by atoms with Crippen LogP contribution in [-0.2, 0) is 11.2 Å². The van der Waals surface area contributed by atoms with E-state index in [1.54, 1.807) is 0 Å². The molecule has 26 heavy (non-hydrogen) atoms. The molecule has 1 fully saturated rings. The SMILES string of the molecule is Cc1ccc(CC(=O)N2CCCN(C(=O)c3cccc(C)c3)CC2)cc1. The predicted molar refractivity (Wildman–Crippen MR) is 103 cm³/mol. The van der Waals surface area contributed by atoms with Gasteiger partial charge in [0.05, 0.1) is 6.42 Å². The van der Waals surface area contributed by atoms with Crippen molar-refractivity contribution < 1.29 is 9.59 Å². The number of benzene rings is 2. The lowest BCUT2D eigenvalue weighted by Gasteiger charge is -2.22. The summed E-state index contributed by atoms with van der Waals surface area (Å²) in [4.78, 5) is 29.1. The number of carbonyl (C=O) groups excluding carboxylic acids is 2. The van der Waals surface area contributed by atoms with Crippen molar-refractivity contribution in [1.82, 2.24) is 9.80 Å². The van der Waals surface area contributed by atoms with Crippen LogP contribution in [0.5, 0.6) is 0 Å². The minimum Gasteiger partial charge on any atom is -0.341 e. The molecule has 1 aliphatic rings. The lowest BCUT2D eigenvalue weighted by atomic mass is 10.1. The van der Waals surface area contributed by atoms with Gasteiger partial charge in [-0.2, -0.15) is 0 Å². The molecular formula is C22H26N2O2. The molecule has 0 spiro atoms. The molecule has 4 nitrogen and oxygen atoms in total. The molecular weight excluding hydrogens is 324 g/mol. The van der Waals surface area contributed by atoms with Gasteiger partial charge in [-0.05, 0) is 38.0 Å². The van der Waals surface area contributed by atoms with Crippen LogP contribution in [0.4, 0.5) is 0 Å². The van der Waals surface area contributed by atoms with Crippen molar-refractivity contribution in [3.63, 3.8) is 0 Å². The molecule has 0 bridgehead atoms. The lowest BCUT2D eigenvalue weighted by molar-refractivity contribution is -0.130. The molecule has 136 valence electrons. The molecule has 0 atom stereocenters. The molecule has 2 amide bonds. The number of hydrogen-bond donors (Lipinski definition) is 0. The third kappa shape index (κ3) is 4.51. The quantitative estimate of drug-likeness (QED) is 0.853. The zero-order chi connectivity index (χ0) is 18.5. The topological polar surface area (TPSA) is 40.6 Å². The van der Waals surface area contributed by atoms with Crippen LogP contribution >= 0.6 is 0 Å².